The van der Waals surface area contributed by atoms with E-state index in [0.29, 0.717) is 19.6 Å². The molecule has 0 unspecified atom stereocenters. The summed E-state index contributed by atoms with van der Waals surface area (Å²) in [6.45, 7) is 14.4. The molecule has 0 aliphatic carbocycles. The lowest BCUT2D eigenvalue weighted by molar-refractivity contribution is -0.153. The number of carbonyl (C=O) groups is 1. The van der Waals surface area contributed by atoms with Gasteiger partial charge in [0.1, 0.15) is 11.8 Å². The first-order valence-corrected chi connectivity index (χ1v) is 14.9. The molecule has 8 heteroatoms. The van der Waals surface area contributed by atoms with Gasteiger partial charge < -0.3 is 14.2 Å². The number of carbonyl (C=O) groups excluding carboxylic acids is 1. The zero-order valence-corrected chi connectivity index (χ0v) is 20.8. The second-order valence-corrected chi connectivity index (χ2v) is 15.6. The van der Waals surface area contributed by atoms with Crippen LogP contribution in [0, 0.1) is 5.41 Å². The molecule has 0 aromatic carbocycles. The van der Waals surface area contributed by atoms with Gasteiger partial charge in [-0.25, -0.2) is 4.98 Å². The summed E-state index contributed by atoms with van der Waals surface area (Å²) in [7, 11) is -1.07. The average Bonchev–Trinajstić information content (AvgIpc) is 3.13. The maximum Gasteiger partial charge on any atom is 0.311 e. The molecule has 0 bridgehead atoms. The Kier molecular flexibility index (Phi) is 9.15. The molecule has 0 fully saturated rings. The first kappa shape index (κ1) is 24.7. The lowest BCUT2D eigenvalue weighted by Gasteiger charge is -2.21. The van der Waals surface area contributed by atoms with E-state index in [0.717, 1.165) is 34.7 Å². The Bertz CT molecular complexity index is 817. The van der Waals surface area contributed by atoms with Crippen molar-refractivity contribution in [1.82, 2.24) is 9.97 Å². The monoisotopic (exact) mass is 450 g/mol. The third-order valence-electron chi connectivity index (χ3n) is 4.44. The minimum Gasteiger partial charge on any atom is -0.466 e. The Hall–Kier alpha value is -1.61. The van der Waals surface area contributed by atoms with Crippen molar-refractivity contribution in [2.24, 2.45) is 5.41 Å². The number of thiazole rings is 1. The highest BCUT2D eigenvalue weighted by Gasteiger charge is 2.30. The van der Waals surface area contributed by atoms with E-state index in [1.54, 1.807) is 0 Å². The molecule has 0 amide bonds. The smallest absolute Gasteiger partial charge is 0.311 e. The summed E-state index contributed by atoms with van der Waals surface area (Å²) in [6.07, 6.45) is 0.510. The van der Waals surface area contributed by atoms with Crippen molar-refractivity contribution < 1.29 is 19.0 Å². The van der Waals surface area contributed by atoms with Crippen LogP contribution in [0.3, 0.4) is 0 Å². The van der Waals surface area contributed by atoms with E-state index in [9.17, 15) is 4.79 Å². The molecule has 166 valence electrons. The molecule has 0 aliphatic heterocycles. The zero-order chi connectivity index (χ0) is 22.2. The van der Waals surface area contributed by atoms with Crippen molar-refractivity contribution in [3.63, 3.8) is 0 Å². The largest absolute Gasteiger partial charge is 0.466 e. The number of pyridine rings is 1. The summed E-state index contributed by atoms with van der Waals surface area (Å²) in [5.74, 6) is -0.210. The van der Waals surface area contributed by atoms with E-state index in [1.165, 1.54) is 11.3 Å². The van der Waals surface area contributed by atoms with Gasteiger partial charge in [0.15, 0.2) is 0 Å². The van der Waals surface area contributed by atoms with E-state index < -0.39 is 13.5 Å². The van der Waals surface area contributed by atoms with Crippen LogP contribution in [0.1, 0.15) is 32.2 Å². The van der Waals surface area contributed by atoms with Crippen LogP contribution in [0.25, 0.3) is 10.7 Å². The van der Waals surface area contributed by atoms with Crippen LogP contribution in [-0.4, -0.2) is 44.0 Å². The number of esters is 1. The quantitative estimate of drug-likeness (QED) is 0.192. The molecule has 0 aliphatic rings. The molecule has 0 spiro atoms. The van der Waals surface area contributed by atoms with Crippen LogP contribution in [0.15, 0.2) is 23.6 Å². The van der Waals surface area contributed by atoms with E-state index in [2.05, 4.69) is 24.6 Å². The molecule has 2 rings (SSSR count). The standard InChI is InChI=1S/C22H34N2O4SSi/c1-7-28-21(25)22(2,3)13-17-9-8-10-19(23-17)20-24-18(15-29-20)14-27-16-26-11-12-30(4,5)6/h8-10,15H,7,11-14,16H2,1-6H3. The predicted octanol–water partition coefficient (Wildman–Crippen LogP) is 5.17. The minimum absolute atomic E-state index is 0.210. The number of rotatable bonds is 12. The van der Waals surface area contributed by atoms with Gasteiger partial charge in [-0.1, -0.05) is 25.7 Å². The maximum atomic E-state index is 12.2. The molecule has 2 aromatic heterocycles. The molecule has 6 nitrogen and oxygen atoms in total. The Balaban J connectivity index is 1.89. The summed E-state index contributed by atoms with van der Waals surface area (Å²) in [6, 6.07) is 6.94. The van der Waals surface area contributed by atoms with Gasteiger partial charge in [0.25, 0.3) is 0 Å². The fourth-order valence-electron chi connectivity index (χ4n) is 2.68. The van der Waals surface area contributed by atoms with Crippen LogP contribution in [0.2, 0.25) is 25.7 Å². The van der Waals surface area contributed by atoms with Crippen molar-refractivity contribution in [3.05, 3.63) is 35.0 Å². The van der Waals surface area contributed by atoms with E-state index in [4.69, 9.17) is 19.2 Å². The number of aromatic nitrogens is 2. The number of hydrogen-bond acceptors (Lipinski definition) is 7. The first-order chi connectivity index (χ1) is 14.1. The summed E-state index contributed by atoms with van der Waals surface area (Å²) >= 11 is 1.53. The molecule has 2 heterocycles. The molecular weight excluding hydrogens is 416 g/mol. The molecule has 30 heavy (non-hydrogen) atoms. The fraction of sp³-hybridized carbons (Fsp3) is 0.591. The minimum atomic E-state index is -1.07. The average molecular weight is 451 g/mol. The van der Waals surface area contributed by atoms with Crippen molar-refractivity contribution in [1.29, 1.82) is 0 Å². The van der Waals surface area contributed by atoms with Gasteiger partial charge in [0, 0.05) is 32.2 Å². The molecule has 2 aromatic rings. The molecule has 0 saturated carbocycles. The summed E-state index contributed by atoms with van der Waals surface area (Å²) in [5.41, 5.74) is 1.88. The van der Waals surface area contributed by atoms with Crippen LogP contribution >= 0.6 is 11.3 Å². The lowest BCUT2D eigenvalue weighted by Crippen LogP contribution is -2.29. The maximum absolute atomic E-state index is 12.2. The van der Waals surface area contributed by atoms with Crippen LogP contribution in [-0.2, 0) is 32.0 Å². The molecule has 0 radical (unpaired) electrons. The first-order valence-electron chi connectivity index (χ1n) is 10.3. The van der Waals surface area contributed by atoms with Crippen molar-refractivity contribution in [2.75, 3.05) is 20.0 Å². The van der Waals surface area contributed by atoms with Gasteiger partial charge >= 0.3 is 5.97 Å². The Labute approximate surface area is 185 Å². The van der Waals surface area contributed by atoms with Gasteiger partial charge in [-0.3, -0.25) is 9.78 Å². The lowest BCUT2D eigenvalue weighted by atomic mass is 9.87. The van der Waals surface area contributed by atoms with Crippen molar-refractivity contribution in [3.8, 4) is 10.7 Å². The van der Waals surface area contributed by atoms with Gasteiger partial charge in [-0.05, 0) is 38.9 Å². The third-order valence-corrected chi connectivity index (χ3v) is 7.06. The summed E-state index contributed by atoms with van der Waals surface area (Å²) in [4.78, 5) is 21.5. The van der Waals surface area contributed by atoms with E-state index in [1.807, 2.05) is 44.4 Å². The van der Waals surface area contributed by atoms with Crippen LogP contribution in [0.5, 0.6) is 0 Å². The van der Waals surface area contributed by atoms with Gasteiger partial charge in [0.05, 0.1) is 30.0 Å². The topological polar surface area (TPSA) is 70.5 Å². The van der Waals surface area contributed by atoms with Gasteiger partial charge in [-0.2, -0.15) is 0 Å². The van der Waals surface area contributed by atoms with E-state index >= 15 is 0 Å². The normalized spacial score (nSPS) is 12.2. The Morgan fingerprint density at radius 1 is 1.13 bits per heavy atom. The Morgan fingerprint density at radius 2 is 1.90 bits per heavy atom. The predicted molar refractivity (Wildman–Crippen MR) is 123 cm³/mol. The molecule has 0 N–H and O–H groups in total. The zero-order valence-electron chi connectivity index (χ0n) is 19.0. The molecular formula is C22H34N2O4SSi. The highest BCUT2D eigenvalue weighted by Crippen LogP contribution is 2.26. The molecule has 0 atom stereocenters. The third kappa shape index (κ3) is 8.26. The van der Waals surface area contributed by atoms with Gasteiger partial charge in [-0.15, -0.1) is 11.3 Å². The van der Waals surface area contributed by atoms with Crippen molar-refractivity contribution >= 4 is 25.4 Å². The Morgan fingerprint density at radius 3 is 2.60 bits per heavy atom. The van der Waals surface area contributed by atoms with Crippen LogP contribution in [0.4, 0.5) is 0 Å². The highest BCUT2D eigenvalue weighted by molar-refractivity contribution is 7.13. The number of nitrogens with zero attached hydrogens (tertiary/aromatic N) is 2. The summed E-state index contributed by atoms with van der Waals surface area (Å²) < 4.78 is 16.3. The SMILES string of the molecule is CCOC(=O)C(C)(C)Cc1cccc(-c2nc(COCOCC[Si](C)(C)C)cs2)n1. The summed E-state index contributed by atoms with van der Waals surface area (Å²) in [5, 5.41) is 2.82. The second-order valence-electron chi connectivity index (χ2n) is 9.12. The number of ether oxygens (including phenoxy) is 3. The fourth-order valence-corrected chi connectivity index (χ4v) is 4.21. The highest BCUT2D eigenvalue weighted by atomic mass is 32.1. The van der Waals surface area contributed by atoms with E-state index in [-0.39, 0.29) is 12.8 Å². The molecule has 0 saturated heterocycles. The number of hydrogen-bond donors (Lipinski definition) is 0. The second kappa shape index (κ2) is 11.1. The van der Waals surface area contributed by atoms with Crippen molar-refractivity contribution in [2.45, 2.75) is 59.5 Å². The van der Waals surface area contributed by atoms with Crippen LogP contribution < -0.4 is 0 Å². The van der Waals surface area contributed by atoms with Gasteiger partial charge in [0.2, 0.25) is 0 Å².